The minimum Gasteiger partial charge on any atom is -0.370 e. The van der Waals surface area contributed by atoms with Crippen molar-refractivity contribution in [2.75, 3.05) is 26.9 Å². The normalized spacial score (nSPS) is 11.5. The fourth-order valence-corrected chi connectivity index (χ4v) is 3.52. The van der Waals surface area contributed by atoms with Crippen LogP contribution < -0.4 is 11.5 Å². The fourth-order valence-electron chi connectivity index (χ4n) is 2.63. The van der Waals surface area contributed by atoms with Gasteiger partial charge < -0.3 is 20.9 Å². The number of methoxy groups -OCH3 is 2. The zero-order chi connectivity index (χ0) is 21.0. The van der Waals surface area contributed by atoms with E-state index in [0.717, 1.165) is 13.0 Å². The van der Waals surface area contributed by atoms with E-state index >= 15 is 0 Å². The highest BCUT2D eigenvalue weighted by Gasteiger charge is 2.37. The van der Waals surface area contributed by atoms with Gasteiger partial charge in [-0.25, -0.2) is 0 Å². The van der Waals surface area contributed by atoms with Crippen LogP contribution in [0.2, 0.25) is 0 Å². The van der Waals surface area contributed by atoms with Crippen molar-refractivity contribution in [2.24, 2.45) is 16.5 Å². The predicted molar refractivity (Wildman–Crippen MR) is 114 cm³/mol. The Morgan fingerprint density at radius 2 is 1.37 bits per heavy atom. The molecule has 0 heterocycles. The van der Waals surface area contributed by atoms with Crippen LogP contribution in [0.25, 0.3) is 0 Å². The van der Waals surface area contributed by atoms with Gasteiger partial charge in [-0.3, -0.25) is 4.99 Å². The number of guanidine groups is 1. The van der Waals surface area contributed by atoms with Crippen LogP contribution in [0, 0.1) is 0 Å². The first kappa shape index (κ1) is 28.5. The summed E-state index contributed by atoms with van der Waals surface area (Å²) >= 11 is 0. The Morgan fingerprint density at radius 3 is 1.67 bits per heavy atom. The average Bonchev–Trinajstić information content (AvgIpc) is 2.64. The van der Waals surface area contributed by atoms with E-state index in [9.17, 15) is 4.57 Å². The van der Waals surface area contributed by atoms with Crippen molar-refractivity contribution in [3.8, 4) is 0 Å². The first-order valence-electron chi connectivity index (χ1n) is 10.2. The lowest BCUT2D eigenvalue weighted by molar-refractivity contribution is -0.191. The minimum atomic E-state index is -2.21. The smallest absolute Gasteiger partial charge is 0.370 e. The summed E-state index contributed by atoms with van der Waals surface area (Å²) in [5.41, 5.74) is 10.5. The Kier molecular flexibility index (Phi) is 21.1. The van der Waals surface area contributed by atoms with Gasteiger partial charge in [0.25, 0.3) is 0 Å². The number of nitrogens with two attached hydrogens (primary N) is 2. The monoisotopic (exact) mass is 408 g/mol. The van der Waals surface area contributed by atoms with E-state index < -0.39 is 13.8 Å². The Labute approximate surface area is 167 Å². The molecule has 1 atom stereocenters. The molecule has 0 aromatic carbocycles. The summed E-state index contributed by atoms with van der Waals surface area (Å²) in [6.07, 6.45) is 14.0. The van der Waals surface area contributed by atoms with Crippen molar-refractivity contribution in [1.29, 1.82) is 0 Å². The molecule has 7 nitrogen and oxygen atoms in total. The molecule has 0 aliphatic heterocycles. The largest absolute Gasteiger partial charge is 0.511 e. The lowest BCUT2D eigenvalue weighted by Crippen LogP contribution is -2.35. The maximum Gasteiger partial charge on any atom is 0.511 e. The number of rotatable bonds is 16. The van der Waals surface area contributed by atoms with E-state index in [0.29, 0.717) is 6.42 Å². The molecular weight excluding hydrogens is 365 g/mol. The number of nitrogens with zero attached hydrogens (tertiary/aromatic N) is 1. The van der Waals surface area contributed by atoms with E-state index in [1.165, 1.54) is 72.0 Å². The lowest BCUT2D eigenvalue weighted by Gasteiger charge is -2.23. The van der Waals surface area contributed by atoms with Crippen LogP contribution in [0.5, 0.6) is 0 Å². The number of hydrogen-bond donors (Lipinski definition) is 3. The van der Waals surface area contributed by atoms with Crippen molar-refractivity contribution in [3.05, 3.63) is 0 Å². The summed E-state index contributed by atoms with van der Waals surface area (Å²) in [5.74, 6) is -0.668. The molecule has 0 aromatic rings. The molecule has 1 unspecified atom stereocenters. The van der Waals surface area contributed by atoms with Crippen LogP contribution in [0.4, 0.5) is 0 Å². The summed E-state index contributed by atoms with van der Waals surface area (Å²) < 4.78 is 20.4. The maximum atomic E-state index is 10.5. The molecular formula is C19H43N3O4P+. The number of hydrogen-bond acceptors (Lipinski definition) is 4. The second-order valence-electron chi connectivity index (χ2n) is 6.67. The third-order valence-corrected chi connectivity index (χ3v) is 5.22. The van der Waals surface area contributed by atoms with E-state index in [4.69, 9.17) is 25.8 Å². The van der Waals surface area contributed by atoms with E-state index in [1.54, 1.807) is 0 Å². The Hall–Kier alpha value is -0.750. The number of unbranched alkanes of at least 4 members (excludes halogenated alkanes) is 9. The van der Waals surface area contributed by atoms with Crippen LogP contribution in [0.15, 0.2) is 4.99 Å². The van der Waals surface area contributed by atoms with Crippen LogP contribution in [0.1, 0.15) is 84.5 Å². The summed E-state index contributed by atoms with van der Waals surface area (Å²) in [5, 5.41) is 0. The molecule has 0 aliphatic rings. The van der Waals surface area contributed by atoms with Crippen molar-refractivity contribution in [2.45, 2.75) is 90.3 Å². The summed E-state index contributed by atoms with van der Waals surface area (Å²) in [4.78, 5) is 12.6. The summed E-state index contributed by atoms with van der Waals surface area (Å²) in [6, 6.07) is 0. The summed E-state index contributed by atoms with van der Waals surface area (Å²) in [6.45, 7) is 4.89. The molecule has 0 fully saturated rings. The van der Waals surface area contributed by atoms with Gasteiger partial charge in [0.05, 0.1) is 0 Å². The molecule has 0 saturated carbocycles. The van der Waals surface area contributed by atoms with Gasteiger partial charge >= 0.3 is 8.03 Å². The first-order valence-corrected chi connectivity index (χ1v) is 11.6. The second kappa shape index (κ2) is 20.0. The summed E-state index contributed by atoms with van der Waals surface area (Å²) in [7, 11) is 0.722. The Morgan fingerprint density at radius 1 is 0.926 bits per heavy atom. The van der Waals surface area contributed by atoms with Gasteiger partial charge in [0, 0.05) is 27.2 Å². The highest BCUT2D eigenvalue weighted by molar-refractivity contribution is 7.38. The van der Waals surface area contributed by atoms with Gasteiger partial charge in [-0.1, -0.05) is 71.6 Å². The van der Waals surface area contributed by atoms with Gasteiger partial charge in [0.1, 0.15) is 0 Å². The van der Waals surface area contributed by atoms with Gasteiger partial charge in [-0.2, -0.15) is 4.89 Å². The van der Waals surface area contributed by atoms with Crippen LogP contribution >= 0.6 is 8.03 Å². The second-order valence-corrected chi connectivity index (χ2v) is 7.69. The number of aliphatic imine (C=N–C) groups is 1. The van der Waals surface area contributed by atoms with Gasteiger partial charge in [-0.15, -0.1) is 0 Å². The molecule has 0 aliphatic carbocycles. The molecule has 0 bridgehead atoms. The number of ether oxygens (including phenoxy) is 2. The molecule has 0 amide bonds. The molecule has 162 valence electrons. The van der Waals surface area contributed by atoms with Gasteiger partial charge in [0.2, 0.25) is 11.9 Å². The SMILES string of the molecule is CCC(C[P+](=O)O)(OC)OC.CCCCCCCCCCCCN=C(N)N. The molecule has 0 aromatic heterocycles. The molecule has 0 saturated heterocycles. The molecule has 5 N–H and O–H groups in total. The van der Waals surface area contributed by atoms with E-state index in [-0.39, 0.29) is 12.1 Å². The molecule has 0 radical (unpaired) electrons. The van der Waals surface area contributed by atoms with Crippen LogP contribution in [0.3, 0.4) is 0 Å². The maximum absolute atomic E-state index is 10.5. The van der Waals surface area contributed by atoms with Crippen molar-refractivity contribution in [1.82, 2.24) is 0 Å². The predicted octanol–water partition coefficient (Wildman–Crippen LogP) is 4.30. The molecule has 27 heavy (non-hydrogen) atoms. The minimum absolute atomic E-state index is 0.0197. The van der Waals surface area contributed by atoms with E-state index in [2.05, 4.69) is 11.9 Å². The van der Waals surface area contributed by atoms with E-state index in [1.807, 2.05) is 6.92 Å². The lowest BCUT2D eigenvalue weighted by atomic mass is 10.1. The average molecular weight is 409 g/mol. The fraction of sp³-hybridized carbons (Fsp3) is 0.947. The van der Waals surface area contributed by atoms with Crippen molar-refractivity contribution < 1.29 is 18.9 Å². The zero-order valence-electron chi connectivity index (χ0n) is 17.9. The molecule has 0 rings (SSSR count). The first-order chi connectivity index (χ1) is 12.9. The van der Waals surface area contributed by atoms with Crippen molar-refractivity contribution >= 4 is 14.0 Å². The quantitative estimate of drug-likeness (QED) is 0.115. The zero-order valence-corrected chi connectivity index (χ0v) is 18.8. The molecule has 8 heteroatoms. The standard InChI is InChI=1S/C13H29N3.C6H13O4P/c1-2-3-4-5-6-7-8-9-10-11-12-16-13(14)15;1-4-6(9-2,10-3)5-11(7)8/h2-12H2,1H3,(H4,14,15,16);4-5H2,1-3H3/p+1. The van der Waals surface area contributed by atoms with Gasteiger partial charge in [0.15, 0.2) is 5.96 Å². The Balaban J connectivity index is 0. The topological polar surface area (TPSA) is 120 Å². The third kappa shape index (κ3) is 19.8. The third-order valence-electron chi connectivity index (χ3n) is 4.46. The van der Waals surface area contributed by atoms with Crippen LogP contribution in [-0.4, -0.2) is 43.6 Å². The highest BCUT2D eigenvalue weighted by atomic mass is 31.1. The highest BCUT2D eigenvalue weighted by Crippen LogP contribution is 2.27. The van der Waals surface area contributed by atoms with Crippen LogP contribution in [-0.2, 0) is 14.0 Å². The Bertz CT molecular complexity index is 366. The van der Waals surface area contributed by atoms with Gasteiger partial charge in [-0.05, 0) is 11.0 Å². The molecule has 0 spiro atoms. The van der Waals surface area contributed by atoms with Crippen molar-refractivity contribution in [3.63, 3.8) is 0 Å².